The number of nitro groups is 1. The van der Waals surface area contributed by atoms with E-state index < -0.39 is 26.9 Å². The highest BCUT2D eigenvalue weighted by Crippen LogP contribution is 2.35. The normalized spacial score (nSPS) is 24.6. The van der Waals surface area contributed by atoms with Crippen LogP contribution in [0.4, 0.5) is 0 Å². The van der Waals surface area contributed by atoms with E-state index in [9.17, 15) is 23.3 Å². The minimum atomic E-state index is -3.61. The van der Waals surface area contributed by atoms with Gasteiger partial charge < -0.3 is 4.90 Å². The molecule has 1 aromatic rings. The Morgan fingerprint density at radius 2 is 1.92 bits per heavy atom. The Balaban J connectivity index is 1.63. The van der Waals surface area contributed by atoms with E-state index in [-0.39, 0.29) is 43.4 Å². The number of sulfonamides is 1. The first kappa shape index (κ1) is 17.3. The van der Waals surface area contributed by atoms with Crippen molar-refractivity contribution in [3.63, 3.8) is 0 Å². The Hall–Kier alpha value is -1.52. The molecule has 2 atom stereocenters. The van der Waals surface area contributed by atoms with Crippen LogP contribution >= 0.6 is 15.9 Å². The number of halogens is 1. The van der Waals surface area contributed by atoms with Gasteiger partial charge in [0.2, 0.25) is 22.0 Å². The number of carbonyl (C=O) groups is 1. The first-order valence-electron chi connectivity index (χ1n) is 7.48. The third-order valence-corrected chi connectivity index (χ3v) is 6.72. The number of carbonyl (C=O) groups excluding carboxylic acids is 1. The summed E-state index contributed by atoms with van der Waals surface area (Å²) >= 11 is 3.26. The highest BCUT2D eigenvalue weighted by atomic mass is 79.9. The number of piperazine rings is 1. The summed E-state index contributed by atoms with van der Waals surface area (Å²) < 4.78 is 27.3. The lowest BCUT2D eigenvalue weighted by Gasteiger charge is -2.34. The maximum absolute atomic E-state index is 12.6. The molecule has 2 aliphatic rings. The smallest absolute Gasteiger partial charge is 0.243 e. The molecule has 3 rings (SSSR count). The quantitative estimate of drug-likeness (QED) is 0.535. The molecule has 0 aromatic heterocycles. The minimum absolute atomic E-state index is 0.191. The molecule has 0 radical (unpaired) electrons. The van der Waals surface area contributed by atoms with Crippen LogP contribution in [0.2, 0.25) is 0 Å². The zero-order valence-electron chi connectivity index (χ0n) is 12.7. The maximum atomic E-state index is 12.6. The second-order valence-corrected chi connectivity index (χ2v) is 8.74. The number of hydrogen-bond donors (Lipinski definition) is 0. The van der Waals surface area contributed by atoms with E-state index in [0.717, 1.165) is 0 Å². The Kier molecular flexibility index (Phi) is 4.63. The van der Waals surface area contributed by atoms with E-state index >= 15 is 0 Å². The van der Waals surface area contributed by atoms with Crippen molar-refractivity contribution < 1.29 is 18.1 Å². The molecule has 0 N–H and O–H groups in total. The van der Waals surface area contributed by atoms with Gasteiger partial charge in [-0.05, 0) is 18.2 Å². The number of nitrogens with zero attached hydrogens (tertiary/aromatic N) is 3. The predicted octanol–water partition coefficient (Wildman–Crippen LogP) is 0.947. The maximum Gasteiger partial charge on any atom is 0.243 e. The van der Waals surface area contributed by atoms with Crippen LogP contribution in [0.3, 0.4) is 0 Å². The number of benzene rings is 1. The second-order valence-electron chi connectivity index (χ2n) is 5.88. The van der Waals surface area contributed by atoms with Gasteiger partial charge in [0.15, 0.2) is 0 Å². The summed E-state index contributed by atoms with van der Waals surface area (Å²) in [6.07, 6.45) is 0.280. The molecule has 1 aliphatic carbocycles. The Morgan fingerprint density at radius 3 is 2.46 bits per heavy atom. The fourth-order valence-corrected chi connectivity index (χ4v) is 4.86. The first-order chi connectivity index (χ1) is 11.3. The molecule has 1 aliphatic heterocycles. The molecule has 24 heavy (non-hydrogen) atoms. The molecule has 2 fully saturated rings. The molecule has 0 spiro atoms. The summed E-state index contributed by atoms with van der Waals surface area (Å²) in [7, 11) is -3.61. The van der Waals surface area contributed by atoms with Crippen molar-refractivity contribution in [1.29, 1.82) is 0 Å². The van der Waals surface area contributed by atoms with Crippen LogP contribution in [0.15, 0.2) is 33.6 Å². The van der Waals surface area contributed by atoms with Crippen molar-refractivity contribution in [2.24, 2.45) is 5.92 Å². The van der Waals surface area contributed by atoms with E-state index in [1.807, 2.05) is 0 Å². The summed E-state index contributed by atoms with van der Waals surface area (Å²) in [6.45, 7) is 0.896. The molecule has 130 valence electrons. The molecule has 0 bridgehead atoms. The number of rotatable bonds is 4. The molecule has 1 saturated carbocycles. The van der Waals surface area contributed by atoms with E-state index in [0.29, 0.717) is 4.47 Å². The van der Waals surface area contributed by atoms with Crippen LogP contribution in [-0.4, -0.2) is 60.7 Å². The van der Waals surface area contributed by atoms with E-state index in [1.165, 1.54) is 15.3 Å². The van der Waals surface area contributed by atoms with Gasteiger partial charge in [0.05, 0.1) is 4.90 Å². The largest absolute Gasteiger partial charge is 0.340 e. The molecule has 1 saturated heterocycles. The Bertz CT molecular complexity index is 776. The van der Waals surface area contributed by atoms with Crippen molar-refractivity contribution in [2.45, 2.75) is 17.4 Å². The van der Waals surface area contributed by atoms with Crippen LogP contribution in [0.1, 0.15) is 6.42 Å². The summed E-state index contributed by atoms with van der Waals surface area (Å²) in [5.74, 6) is -0.788. The Morgan fingerprint density at radius 1 is 1.25 bits per heavy atom. The Labute approximate surface area is 147 Å². The predicted molar refractivity (Wildman–Crippen MR) is 88.4 cm³/mol. The van der Waals surface area contributed by atoms with Crippen LogP contribution < -0.4 is 0 Å². The van der Waals surface area contributed by atoms with Crippen molar-refractivity contribution in [1.82, 2.24) is 9.21 Å². The van der Waals surface area contributed by atoms with Gasteiger partial charge in [-0.15, -0.1) is 0 Å². The third-order valence-electron chi connectivity index (χ3n) is 4.33. The van der Waals surface area contributed by atoms with E-state index in [4.69, 9.17) is 0 Å². The van der Waals surface area contributed by atoms with Gasteiger partial charge >= 0.3 is 0 Å². The van der Waals surface area contributed by atoms with Gasteiger partial charge in [0, 0.05) is 42.0 Å². The molecule has 0 unspecified atom stereocenters. The minimum Gasteiger partial charge on any atom is -0.340 e. The van der Waals surface area contributed by atoms with Gasteiger partial charge in [-0.25, -0.2) is 8.42 Å². The monoisotopic (exact) mass is 417 g/mol. The molecule has 1 heterocycles. The molecule has 1 amide bonds. The molecule has 10 heteroatoms. The topological polar surface area (TPSA) is 101 Å². The van der Waals surface area contributed by atoms with Gasteiger partial charge in [-0.1, -0.05) is 22.0 Å². The summed E-state index contributed by atoms with van der Waals surface area (Å²) in [5, 5.41) is 10.7. The van der Waals surface area contributed by atoms with Crippen molar-refractivity contribution in [3.05, 3.63) is 38.9 Å². The fourth-order valence-electron chi connectivity index (χ4n) is 2.84. The zero-order chi connectivity index (χ0) is 17.5. The van der Waals surface area contributed by atoms with Crippen LogP contribution in [-0.2, 0) is 14.8 Å². The van der Waals surface area contributed by atoms with Crippen LogP contribution in [0, 0.1) is 16.0 Å². The average molecular weight is 418 g/mol. The highest BCUT2D eigenvalue weighted by Gasteiger charge is 2.54. The van der Waals surface area contributed by atoms with Crippen molar-refractivity contribution in [2.75, 3.05) is 26.2 Å². The average Bonchev–Trinajstić information content (AvgIpc) is 3.35. The molecular weight excluding hydrogens is 402 g/mol. The standard InChI is InChI=1S/C14H16BrN3O5S/c15-10-2-1-3-11(8-10)24(22,23)17-6-4-16(5-7-17)14(19)12-9-13(12)18(20)21/h1-3,8,12-13H,4-7,9H2/t12-,13-/m1/s1. The molecular formula is C14H16BrN3O5S. The fraction of sp³-hybridized carbons (Fsp3) is 0.500. The van der Waals surface area contributed by atoms with E-state index in [1.54, 1.807) is 18.2 Å². The second kappa shape index (κ2) is 6.41. The van der Waals surface area contributed by atoms with Crippen LogP contribution in [0.5, 0.6) is 0 Å². The van der Waals surface area contributed by atoms with Gasteiger partial charge in [-0.3, -0.25) is 14.9 Å². The summed E-state index contributed by atoms with van der Waals surface area (Å²) in [6, 6.07) is 5.70. The van der Waals surface area contributed by atoms with E-state index in [2.05, 4.69) is 15.9 Å². The lowest BCUT2D eigenvalue weighted by atomic mass is 10.3. The molecule has 8 nitrogen and oxygen atoms in total. The number of hydrogen-bond acceptors (Lipinski definition) is 5. The third kappa shape index (κ3) is 3.31. The van der Waals surface area contributed by atoms with Crippen molar-refractivity contribution >= 4 is 31.9 Å². The highest BCUT2D eigenvalue weighted by molar-refractivity contribution is 9.10. The first-order valence-corrected chi connectivity index (χ1v) is 9.72. The van der Waals surface area contributed by atoms with Crippen LogP contribution in [0.25, 0.3) is 0 Å². The van der Waals surface area contributed by atoms with Gasteiger partial charge in [-0.2, -0.15) is 4.31 Å². The molecule has 1 aromatic carbocycles. The lowest BCUT2D eigenvalue weighted by Crippen LogP contribution is -2.51. The van der Waals surface area contributed by atoms with Gasteiger partial charge in [0.1, 0.15) is 5.92 Å². The lowest BCUT2D eigenvalue weighted by molar-refractivity contribution is -0.497. The summed E-state index contributed by atoms with van der Waals surface area (Å²) in [5.41, 5.74) is 0. The zero-order valence-corrected chi connectivity index (χ0v) is 15.1. The summed E-state index contributed by atoms with van der Waals surface area (Å²) in [4.78, 5) is 24.2. The SMILES string of the molecule is O=C([C@@H]1C[C@H]1[N+](=O)[O-])N1CCN(S(=O)(=O)c2cccc(Br)c2)CC1. The number of amides is 1. The van der Waals surface area contributed by atoms with Crippen molar-refractivity contribution in [3.8, 4) is 0 Å². The van der Waals surface area contributed by atoms with Gasteiger partial charge in [0.25, 0.3) is 0 Å².